The van der Waals surface area contributed by atoms with Crippen LogP contribution in [0.1, 0.15) is 35.4 Å². The third-order valence-corrected chi connectivity index (χ3v) is 4.42. The Kier molecular flexibility index (Phi) is 5.73. The third kappa shape index (κ3) is 4.53. The molecule has 134 valence electrons. The molecule has 6 heteroatoms. The number of hydrogen-bond acceptors (Lipinski definition) is 4. The number of benzene rings is 2. The minimum Gasteiger partial charge on any atom is -0.349 e. The Morgan fingerprint density at radius 2 is 1.88 bits per heavy atom. The van der Waals surface area contributed by atoms with Gasteiger partial charge in [0.15, 0.2) is 5.82 Å². The number of nitrogens with zero attached hydrogens (tertiary/aromatic N) is 4. The second kappa shape index (κ2) is 8.38. The van der Waals surface area contributed by atoms with Crippen LogP contribution in [0.3, 0.4) is 0 Å². The average molecular weight is 349 g/mol. The van der Waals surface area contributed by atoms with Gasteiger partial charge in [0, 0.05) is 6.42 Å². The van der Waals surface area contributed by atoms with Gasteiger partial charge in [-0.3, -0.25) is 4.79 Å². The van der Waals surface area contributed by atoms with Gasteiger partial charge in [0.2, 0.25) is 5.91 Å². The summed E-state index contributed by atoms with van der Waals surface area (Å²) in [6.45, 7) is 4.43. The molecule has 0 atom stereocenters. The van der Waals surface area contributed by atoms with Gasteiger partial charge in [-0.15, -0.1) is 5.10 Å². The van der Waals surface area contributed by atoms with Crippen molar-refractivity contribution >= 4 is 5.91 Å². The van der Waals surface area contributed by atoms with E-state index in [1.807, 2.05) is 36.4 Å². The first kappa shape index (κ1) is 17.8. The molecular weight excluding hydrogens is 326 g/mol. The molecule has 3 aromatic rings. The van der Waals surface area contributed by atoms with Gasteiger partial charge < -0.3 is 5.32 Å². The van der Waals surface area contributed by atoms with E-state index in [4.69, 9.17) is 0 Å². The maximum absolute atomic E-state index is 12.1. The highest BCUT2D eigenvalue weighted by atomic mass is 16.1. The summed E-state index contributed by atoms with van der Waals surface area (Å²) in [5, 5.41) is 14.7. The lowest BCUT2D eigenvalue weighted by atomic mass is 10.1. The standard InChI is InChI=1S/C20H23N5O/c1-15-11-12-18(13-16(15)2)25-19(22-23-24-25)14-21-20(26)10-6-9-17-7-4-3-5-8-17/h3-5,7-8,11-13H,6,9-10,14H2,1-2H3,(H,21,26). The Labute approximate surface area is 153 Å². The van der Waals surface area contributed by atoms with Crippen molar-refractivity contribution < 1.29 is 4.79 Å². The Morgan fingerprint density at radius 3 is 2.65 bits per heavy atom. The van der Waals surface area contributed by atoms with E-state index in [-0.39, 0.29) is 5.91 Å². The molecule has 0 radical (unpaired) electrons. The summed E-state index contributed by atoms with van der Waals surface area (Å²) >= 11 is 0. The molecule has 3 rings (SSSR count). The Hall–Kier alpha value is -3.02. The highest BCUT2D eigenvalue weighted by Crippen LogP contribution is 2.14. The van der Waals surface area contributed by atoms with Gasteiger partial charge in [0.1, 0.15) is 0 Å². The van der Waals surface area contributed by atoms with Gasteiger partial charge >= 0.3 is 0 Å². The minimum absolute atomic E-state index is 0.00979. The largest absolute Gasteiger partial charge is 0.349 e. The van der Waals surface area contributed by atoms with Crippen LogP contribution in [-0.2, 0) is 17.8 Å². The highest BCUT2D eigenvalue weighted by molar-refractivity contribution is 5.75. The summed E-state index contributed by atoms with van der Waals surface area (Å²) in [6, 6.07) is 16.2. The van der Waals surface area contributed by atoms with Gasteiger partial charge in [-0.05, 0) is 65.9 Å². The first-order valence-corrected chi connectivity index (χ1v) is 8.79. The zero-order chi connectivity index (χ0) is 18.4. The quantitative estimate of drug-likeness (QED) is 0.712. The zero-order valence-corrected chi connectivity index (χ0v) is 15.1. The van der Waals surface area contributed by atoms with E-state index in [9.17, 15) is 4.79 Å². The minimum atomic E-state index is 0.00979. The summed E-state index contributed by atoms with van der Waals surface area (Å²) in [5.74, 6) is 0.625. The van der Waals surface area contributed by atoms with Crippen molar-refractivity contribution in [2.75, 3.05) is 0 Å². The van der Waals surface area contributed by atoms with E-state index < -0.39 is 0 Å². The molecule has 0 aliphatic rings. The Balaban J connectivity index is 1.53. The fourth-order valence-electron chi connectivity index (χ4n) is 2.74. The van der Waals surface area contributed by atoms with Crippen molar-refractivity contribution in [3.8, 4) is 5.69 Å². The molecule has 0 saturated carbocycles. The monoisotopic (exact) mass is 349 g/mol. The van der Waals surface area contributed by atoms with Crippen molar-refractivity contribution in [1.82, 2.24) is 25.5 Å². The maximum atomic E-state index is 12.1. The van der Waals surface area contributed by atoms with Crippen LogP contribution in [0.2, 0.25) is 0 Å². The van der Waals surface area contributed by atoms with Crippen molar-refractivity contribution in [3.63, 3.8) is 0 Å². The lowest BCUT2D eigenvalue weighted by Gasteiger charge is -2.08. The molecule has 1 heterocycles. The summed E-state index contributed by atoms with van der Waals surface area (Å²) in [4.78, 5) is 12.1. The van der Waals surface area contributed by atoms with Crippen molar-refractivity contribution in [1.29, 1.82) is 0 Å². The number of amides is 1. The molecule has 0 bridgehead atoms. The molecule has 2 aromatic carbocycles. The van der Waals surface area contributed by atoms with Gasteiger partial charge in [-0.2, -0.15) is 4.68 Å². The molecule has 6 nitrogen and oxygen atoms in total. The van der Waals surface area contributed by atoms with Gasteiger partial charge in [0.05, 0.1) is 12.2 Å². The van der Waals surface area contributed by atoms with Crippen LogP contribution < -0.4 is 5.32 Å². The third-order valence-electron chi connectivity index (χ3n) is 4.42. The fraction of sp³-hybridized carbons (Fsp3) is 0.300. The van der Waals surface area contributed by atoms with E-state index in [0.717, 1.165) is 18.5 Å². The van der Waals surface area contributed by atoms with E-state index in [0.29, 0.717) is 18.8 Å². The van der Waals surface area contributed by atoms with Crippen LogP contribution in [-0.4, -0.2) is 26.1 Å². The number of carbonyl (C=O) groups is 1. The molecule has 0 spiro atoms. The molecule has 0 unspecified atom stereocenters. The predicted molar refractivity (Wildman–Crippen MR) is 99.9 cm³/mol. The number of aryl methyl sites for hydroxylation is 3. The van der Waals surface area contributed by atoms with Crippen LogP contribution in [0.25, 0.3) is 5.69 Å². The van der Waals surface area contributed by atoms with Crippen LogP contribution >= 0.6 is 0 Å². The van der Waals surface area contributed by atoms with E-state index in [1.54, 1.807) is 4.68 Å². The number of hydrogen-bond donors (Lipinski definition) is 1. The topological polar surface area (TPSA) is 72.7 Å². The number of rotatable bonds is 7. The van der Waals surface area contributed by atoms with E-state index in [2.05, 4.69) is 46.8 Å². The van der Waals surface area contributed by atoms with Gasteiger partial charge in [-0.25, -0.2) is 0 Å². The summed E-state index contributed by atoms with van der Waals surface area (Å²) in [7, 11) is 0. The molecule has 0 saturated heterocycles. The smallest absolute Gasteiger partial charge is 0.220 e. The average Bonchev–Trinajstić information content (AvgIpc) is 3.12. The predicted octanol–water partition coefficient (Wildman–Crippen LogP) is 2.92. The van der Waals surface area contributed by atoms with Crippen molar-refractivity contribution in [2.45, 2.75) is 39.7 Å². The van der Waals surface area contributed by atoms with Crippen molar-refractivity contribution in [2.24, 2.45) is 0 Å². The Morgan fingerprint density at radius 1 is 1.08 bits per heavy atom. The van der Waals surface area contributed by atoms with E-state index >= 15 is 0 Å². The first-order valence-electron chi connectivity index (χ1n) is 8.79. The number of aromatic nitrogens is 4. The molecule has 0 aliphatic heterocycles. The van der Waals surface area contributed by atoms with E-state index in [1.165, 1.54) is 16.7 Å². The zero-order valence-electron chi connectivity index (χ0n) is 15.1. The summed E-state index contributed by atoms with van der Waals surface area (Å²) < 4.78 is 1.66. The summed E-state index contributed by atoms with van der Waals surface area (Å²) in [6.07, 6.45) is 2.20. The second-order valence-electron chi connectivity index (χ2n) is 6.39. The molecule has 26 heavy (non-hydrogen) atoms. The van der Waals surface area contributed by atoms with Crippen LogP contribution in [0.15, 0.2) is 48.5 Å². The molecule has 1 N–H and O–H groups in total. The molecule has 0 aliphatic carbocycles. The summed E-state index contributed by atoms with van der Waals surface area (Å²) in [5.41, 5.74) is 4.54. The van der Waals surface area contributed by atoms with Gasteiger partial charge in [0.25, 0.3) is 0 Å². The fourth-order valence-corrected chi connectivity index (χ4v) is 2.74. The highest BCUT2D eigenvalue weighted by Gasteiger charge is 2.10. The SMILES string of the molecule is Cc1ccc(-n2nnnc2CNC(=O)CCCc2ccccc2)cc1C. The van der Waals surface area contributed by atoms with Crippen LogP contribution in [0.4, 0.5) is 0 Å². The molecular formula is C20H23N5O. The Bertz CT molecular complexity index is 873. The second-order valence-corrected chi connectivity index (χ2v) is 6.39. The van der Waals surface area contributed by atoms with Crippen LogP contribution in [0.5, 0.6) is 0 Å². The number of nitrogens with one attached hydrogen (secondary N) is 1. The van der Waals surface area contributed by atoms with Crippen LogP contribution in [0, 0.1) is 13.8 Å². The van der Waals surface area contributed by atoms with Gasteiger partial charge in [-0.1, -0.05) is 36.4 Å². The van der Waals surface area contributed by atoms with Crippen molar-refractivity contribution in [3.05, 3.63) is 71.0 Å². The molecule has 1 aromatic heterocycles. The lowest BCUT2D eigenvalue weighted by Crippen LogP contribution is -2.24. The molecule has 0 fully saturated rings. The molecule has 1 amide bonds. The first-order chi connectivity index (χ1) is 12.6. The normalized spacial score (nSPS) is 10.7. The number of tetrazole rings is 1. The number of carbonyl (C=O) groups excluding carboxylic acids is 1. The maximum Gasteiger partial charge on any atom is 0.220 e. The lowest BCUT2D eigenvalue weighted by molar-refractivity contribution is -0.121.